The van der Waals surface area contributed by atoms with Crippen LogP contribution >= 0.6 is 0 Å². The monoisotopic (exact) mass is 260 g/mol. The molecular weight excluding hydrogens is 244 g/mol. The van der Waals surface area contributed by atoms with Crippen LogP contribution in [0.5, 0.6) is 0 Å². The summed E-state index contributed by atoms with van der Waals surface area (Å²) in [6.45, 7) is 0. The minimum Gasteiger partial charge on any atom is -0.381 e. The Labute approximate surface area is 111 Å². The van der Waals surface area contributed by atoms with E-state index < -0.39 is 0 Å². The van der Waals surface area contributed by atoms with Crippen LogP contribution in [0, 0.1) is 0 Å². The van der Waals surface area contributed by atoms with Gasteiger partial charge in [0.15, 0.2) is 0 Å². The molecule has 1 aromatic carbocycles. The van der Waals surface area contributed by atoms with E-state index in [4.69, 9.17) is 4.74 Å². The number of hydrogen-bond donors (Lipinski definition) is 2. The number of ether oxygens (including phenoxy) is 1. The number of nitrogens with one attached hydrogen (secondary N) is 2. The van der Waals surface area contributed by atoms with Gasteiger partial charge in [0.2, 0.25) is 5.91 Å². The predicted octanol–water partition coefficient (Wildman–Crippen LogP) is 1.09. The lowest BCUT2D eigenvalue weighted by Crippen LogP contribution is -2.47. The van der Waals surface area contributed by atoms with Crippen LogP contribution in [0.3, 0.4) is 0 Å². The number of methoxy groups -OCH3 is 1. The molecule has 3 rings (SSSR count). The third kappa shape index (κ3) is 2.33. The molecule has 2 amide bonds. The van der Waals surface area contributed by atoms with E-state index in [9.17, 15) is 9.59 Å². The number of rotatable bonds is 3. The fraction of sp³-hybridized carbons (Fsp3) is 0.429. The molecule has 5 heteroatoms. The molecule has 0 unspecified atom stereocenters. The molecule has 0 atom stereocenters. The van der Waals surface area contributed by atoms with Crippen molar-refractivity contribution >= 4 is 17.5 Å². The van der Waals surface area contributed by atoms with Crippen LogP contribution in [0.4, 0.5) is 5.69 Å². The standard InChI is InChI=1S/C14H16N2O3/c1-19-11-6-10(7-11)15-14(18)9-3-2-8-5-13(17)16-12(8)4-9/h2-4,10-11H,5-7H2,1H3,(H,15,18)(H,16,17). The molecule has 0 bridgehead atoms. The Bertz CT molecular complexity index is 535. The van der Waals surface area contributed by atoms with E-state index in [-0.39, 0.29) is 24.0 Å². The number of carbonyl (C=O) groups excluding carboxylic acids is 2. The highest BCUT2D eigenvalue weighted by molar-refractivity contribution is 6.02. The van der Waals surface area contributed by atoms with Crippen molar-refractivity contribution in [3.8, 4) is 0 Å². The molecule has 5 nitrogen and oxygen atoms in total. The molecule has 2 aliphatic rings. The van der Waals surface area contributed by atoms with Crippen LogP contribution in [0.2, 0.25) is 0 Å². The third-order valence-corrected chi connectivity index (χ3v) is 3.76. The van der Waals surface area contributed by atoms with Gasteiger partial charge in [0, 0.05) is 24.4 Å². The van der Waals surface area contributed by atoms with Gasteiger partial charge in [-0.3, -0.25) is 9.59 Å². The second-order valence-electron chi connectivity index (χ2n) is 5.10. The highest BCUT2D eigenvalue weighted by Gasteiger charge is 2.30. The Morgan fingerprint density at radius 2 is 2.21 bits per heavy atom. The van der Waals surface area contributed by atoms with E-state index in [2.05, 4.69) is 10.6 Å². The first-order valence-electron chi connectivity index (χ1n) is 6.42. The Kier molecular flexibility index (Phi) is 2.98. The van der Waals surface area contributed by atoms with Crippen LogP contribution in [0.15, 0.2) is 18.2 Å². The first-order chi connectivity index (χ1) is 9.15. The van der Waals surface area contributed by atoms with Gasteiger partial charge in [-0.15, -0.1) is 0 Å². The zero-order valence-corrected chi connectivity index (χ0v) is 10.7. The van der Waals surface area contributed by atoms with Crippen LogP contribution in [0.25, 0.3) is 0 Å². The SMILES string of the molecule is COC1CC(NC(=O)c2ccc3c(c2)NC(=O)C3)C1. The lowest BCUT2D eigenvalue weighted by Gasteiger charge is -2.34. The lowest BCUT2D eigenvalue weighted by molar-refractivity contribution is -0.115. The second-order valence-corrected chi connectivity index (χ2v) is 5.10. The second kappa shape index (κ2) is 4.66. The highest BCUT2D eigenvalue weighted by atomic mass is 16.5. The number of anilines is 1. The van der Waals surface area contributed by atoms with Crippen molar-refractivity contribution in [2.24, 2.45) is 0 Å². The van der Waals surface area contributed by atoms with Crippen LogP contribution in [0.1, 0.15) is 28.8 Å². The van der Waals surface area contributed by atoms with E-state index in [1.807, 2.05) is 6.07 Å². The fourth-order valence-electron chi connectivity index (χ4n) is 2.50. The summed E-state index contributed by atoms with van der Waals surface area (Å²) in [7, 11) is 1.69. The van der Waals surface area contributed by atoms with Gasteiger partial charge in [-0.1, -0.05) is 6.07 Å². The van der Waals surface area contributed by atoms with Gasteiger partial charge in [0.25, 0.3) is 5.91 Å². The summed E-state index contributed by atoms with van der Waals surface area (Å²) in [5, 5.41) is 5.72. The minimum absolute atomic E-state index is 0.0190. The van der Waals surface area contributed by atoms with E-state index in [0.29, 0.717) is 12.0 Å². The molecule has 19 heavy (non-hydrogen) atoms. The Morgan fingerprint density at radius 1 is 1.42 bits per heavy atom. The first kappa shape index (κ1) is 12.2. The maximum atomic E-state index is 12.1. The average molecular weight is 260 g/mol. The number of fused-ring (bicyclic) bond motifs is 1. The lowest BCUT2D eigenvalue weighted by atomic mass is 9.89. The summed E-state index contributed by atoms with van der Waals surface area (Å²) in [5.74, 6) is -0.113. The van der Waals surface area contributed by atoms with Gasteiger partial charge in [-0.25, -0.2) is 0 Å². The average Bonchev–Trinajstić information content (AvgIpc) is 2.71. The summed E-state index contributed by atoms with van der Waals surface area (Å²) < 4.78 is 5.18. The largest absolute Gasteiger partial charge is 0.381 e. The van der Waals surface area contributed by atoms with Crippen LogP contribution < -0.4 is 10.6 Å². The Hall–Kier alpha value is -1.88. The molecule has 0 spiro atoms. The van der Waals surface area contributed by atoms with E-state index >= 15 is 0 Å². The molecule has 1 aromatic rings. The maximum absolute atomic E-state index is 12.1. The summed E-state index contributed by atoms with van der Waals surface area (Å²) in [6, 6.07) is 5.53. The molecule has 100 valence electrons. The van der Waals surface area contributed by atoms with Crippen molar-refractivity contribution < 1.29 is 14.3 Å². The molecule has 1 saturated carbocycles. The number of carbonyl (C=O) groups is 2. The fourth-order valence-corrected chi connectivity index (χ4v) is 2.50. The molecular formula is C14H16N2O3. The van der Waals surface area contributed by atoms with Crippen LogP contribution in [-0.4, -0.2) is 31.1 Å². The number of hydrogen-bond acceptors (Lipinski definition) is 3. The Morgan fingerprint density at radius 3 is 2.95 bits per heavy atom. The quantitative estimate of drug-likeness (QED) is 0.854. The van der Waals surface area contributed by atoms with Crippen molar-refractivity contribution in [2.45, 2.75) is 31.4 Å². The minimum atomic E-state index is -0.0940. The Balaban J connectivity index is 1.65. The summed E-state index contributed by atoms with van der Waals surface area (Å²) in [5.41, 5.74) is 2.28. The predicted molar refractivity (Wildman–Crippen MR) is 70.1 cm³/mol. The number of benzene rings is 1. The number of amides is 2. The smallest absolute Gasteiger partial charge is 0.251 e. The van der Waals surface area contributed by atoms with E-state index in [0.717, 1.165) is 24.1 Å². The normalized spacial score (nSPS) is 24.4. The van der Waals surface area contributed by atoms with Crippen molar-refractivity contribution in [2.75, 3.05) is 12.4 Å². The van der Waals surface area contributed by atoms with E-state index in [1.54, 1.807) is 19.2 Å². The van der Waals surface area contributed by atoms with Crippen molar-refractivity contribution in [1.82, 2.24) is 5.32 Å². The zero-order chi connectivity index (χ0) is 13.4. The molecule has 0 aromatic heterocycles. The summed E-state index contributed by atoms with van der Waals surface area (Å²) >= 11 is 0. The summed E-state index contributed by atoms with van der Waals surface area (Å²) in [4.78, 5) is 23.3. The topological polar surface area (TPSA) is 67.4 Å². The van der Waals surface area contributed by atoms with Gasteiger partial charge in [-0.2, -0.15) is 0 Å². The molecule has 1 fully saturated rings. The molecule has 2 N–H and O–H groups in total. The molecule has 1 aliphatic carbocycles. The zero-order valence-electron chi connectivity index (χ0n) is 10.7. The van der Waals surface area contributed by atoms with Gasteiger partial charge in [0.1, 0.15) is 0 Å². The van der Waals surface area contributed by atoms with Crippen molar-refractivity contribution in [3.63, 3.8) is 0 Å². The molecule has 0 radical (unpaired) electrons. The maximum Gasteiger partial charge on any atom is 0.251 e. The van der Waals surface area contributed by atoms with Crippen LogP contribution in [-0.2, 0) is 16.0 Å². The van der Waals surface area contributed by atoms with Gasteiger partial charge in [0.05, 0.1) is 12.5 Å². The molecule has 1 heterocycles. The van der Waals surface area contributed by atoms with Crippen molar-refractivity contribution in [3.05, 3.63) is 29.3 Å². The van der Waals surface area contributed by atoms with Crippen molar-refractivity contribution in [1.29, 1.82) is 0 Å². The van der Waals surface area contributed by atoms with Gasteiger partial charge in [-0.05, 0) is 30.5 Å². The molecule has 0 saturated heterocycles. The molecule has 1 aliphatic heterocycles. The van der Waals surface area contributed by atoms with Gasteiger partial charge >= 0.3 is 0 Å². The highest BCUT2D eigenvalue weighted by Crippen LogP contribution is 2.25. The van der Waals surface area contributed by atoms with E-state index in [1.165, 1.54) is 0 Å². The summed E-state index contributed by atoms with van der Waals surface area (Å²) in [6.07, 6.45) is 2.40. The first-order valence-corrected chi connectivity index (χ1v) is 6.42. The van der Waals surface area contributed by atoms with Gasteiger partial charge < -0.3 is 15.4 Å². The third-order valence-electron chi connectivity index (χ3n) is 3.76.